The van der Waals surface area contributed by atoms with E-state index in [1.54, 1.807) is 7.11 Å². The number of aryl methyl sites for hydroxylation is 1. The molecule has 0 unspecified atom stereocenters. The van der Waals surface area contributed by atoms with E-state index in [9.17, 15) is 0 Å². The summed E-state index contributed by atoms with van der Waals surface area (Å²) >= 11 is 9.98. The molecule has 33 heavy (non-hydrogen) atoms. The van der Waals surface area contributed by atoms with E-state index in [-0.39, 0.29) is 0 Å². The van der Waals surface area contributed by atoms with Gasteiger partial charge in [0.25, 0.3) is 0 Å². The molecule has 1 aliphatic rings. The number of aromatic nitrogens is 3. The Hall–Kier alpha value is -2.61. The topological polar surface area (TPSA) is 45.9 Å². The fourth-order valence-corrected chi connectivity index (χ4v) is 4.94. The lowest BCUT2D eigenvalue weighted by Gasteiger charge is -2.36. The Morgan fingerprint density at radius 2 is 1.94 bits per heavy atom. The van der Waals surface area contributed by atoms with Gasteiger partial charge in [0.1, 0.15) is 11.4 Å². The van der Waals surface area contributed by atoms with Crippen molar-refractivity contribution < 1.29 is 4.74 Å². The maximum atomic E-state index is 6.37. The SMILES string of the molecule is COc1cc(C)c(-c2cn3ccc(N4CCN(Cc5ccncc5Br)CC4)cc3n2)cc1Cl. The van der Waals surface area contributed by atoms with E-state index >= 15 is 0 Å². The highest BCUT2D eigenvalue weighted by Gasteiger charge is 2.19. The number of benzene rings is 1. The molecule has 5 rings (SSSR count). The second kappa shape index (κ2) is 9.33. The number of rotatable bonds is 5. The van der Waals surface area contributed by atoms with Crippen LogP contribution < -0.4 is 9.64 Å². The first-order valence-electron chi connectivity index (χ1n) is 10.9. The number of fused-ring (bicyclic) bond motifs is 1. The third kappa shape index (κ3) is 4.58. The summed E-state index contributed by atoms with van der Waals surface area (Å²) in [5.74, 6) is 0.680. The first kappa shape index (κ1) is 22.2. The van der Waals surface area contributed by atoms with Crippen LogP contribution in [0, 0.1) is 6.92 Å². The molecule has 1 saturated heterocycles. The summed E-state index contributed by atoms with van der Waals surface area (Å²) in [6.45, 7) is 6.99. The van der Waals surface area contributed by atoms with Gasteiger partial charge in [-0.25, -0.2) is 4.98 Å². The highest BCUT2D eigenvalue weighted by atomic mass is 79.9. The molecule has 0 amide bonds. The van der Waals surface area contributed by atoms with Crippen LogP contribution in [0.4, 0.5) is 5.69 Å². The lowest BCUT2D eigenvalue weighted by molar-refractivity contribution is 0.249. The van der Waals surface area contributed by atoms with Gasteiger partial charge in [-0.3, -0.25) is 9.88 Å². The molecule has 0 bridgehead atoms. The minimum atomic E-state index is 0.590. The van der Waals surface area contributed by atoms with Crippen LogP contribution in [0.3, 0.4) is 0 Å². The van der Waals surface area contributed by atoms with E-state index in [1.165, 1.54) is 11.3 Å². The molecule has 170 valence electrons. The Morgan fingerprint density at radius 3 is 2.70 bits per heavy atom. The summed E-state index contributed by atoms with van der Waals surface area (Å²) in [7, 11) is 1.63. The van der Waals surface area contributed by atoms with E-state index < -0.39 is 0 Å². The standard InChI is InChI=1S/C25H25BrClN5O/c1-17-11-24(33-2)22(27)13-20(17)23-16-32-6-4-19(12-25(32)29-23)31-9-7-30(8-10-31)15-18-3-5-28-14-21(18)26/h3-6,11-14,16H,7-10,15H2,1-2H3. The second-order valence-electron chi connectivity index (χ2n) is 8.31. The zero-order valence-electron chi connectivity index (χ0n) is 18.6. The van der Waals surface area contributed by atoms with Crippen molar-refractivity contribution in [1.82, 2.24) is 19.3 Å². The summed E-state index contributed by atoms with van der Waals surface area (Å²) < 4.78 is 8.47. The molecule has 0 saturated carbocycles. The van der Waals surface area contributed by atoms with Crippen molar-refractivity contribution in [3.05, 3.63) is 75.7 Å². The molecule has 3 aromatic heterocycles. The molecule has 1 aliphatic heterocycles. The Bertz CT molecular complexity index is 1300. The maximum Gasteiger partial charge on any atom is 0.139 e. The average molecular weight is 527 g/mol. The normalized spacial score (nSPS) is 14.7. The van der Waals surface area contributed by atoms with Crippen LogP contribution in [0.15, 0.2) is 59.6 Å². The van der Waals surface area contributed by atoms with Crippen LogP contribution in [-0.4, -0.2) is 52.6 Å². The zero-order valence-corrected chi connectivity index (χ0v) is 21.0. The molecule has 4 heterocycles. The van der Waals surface area contributed by atoms with E-state index in [2.05, 4.69) is 65.7 Å². The van der Waals surface area contributed by atoms with Crippen LogP contribution in [-0.2, 0) is 6.54 Å². The van der Waals surface area contributed by atoms with Gasteiger partial charge >= 0.3 is 0 Å². The number of hydrogen-bond donors (Lipinski definition) is 0. The molecule has 6 nitrogen and oxygen atoms in total. The minimum absolute atomic E-state index is 0.590. The fraction of sp³-hybridized carbons (Fsp3) is 0.280. The maximum absolute atomic E-state index is 6.37. The first-order chi connectivity index (χ1) is 16.0. The number of pyridine rings is 2. The van der Waals surface area contributed by atoms with Crippen molar-refractivity contribution in [2.24, 2.45) is 0 Å². The van der Waals surface area contributed by atoms with Gasteiger partial charge in [-0.15, -0.1) is 0 Å². The number of nitrogens with zero attached hydrogens (tertiary/aromatic N) is 5. The smallest absolute Gasteiger partial charge is 0.139 e. The predicted octanol–water partition coefficient (Wildman–Crippen LogP) is 5.45. The molecule has 4 aromatic rings. The Morgan fingerprint density at radius 1 is 1.12 bits per heavy atom. The first-order valence-corrected chi connectivity index (χ1v) is 12.1. The molecule has 0 atom stereocenters. The van der Waals surface area contributed by atoms with Gasteiger partial charge in [0.2, 0.25) is 0 Å². The number of ether oxygens (including phenoxy) is 1. The number of anilines is 1. The molecule has 0 N–H and O–H groups in total. The van der Waals surface area contributed by atoms with E-state index in [4.69, 9.17) is 21.3 Å². The van der Waals surface area contributed by atoms with Gasteiger partial charge in [0.15, 0.2) is 0 Å². The Labute approximate surface area is 206 Å². The summed E-state index contributed by atoms with van der Waals surface area (Å²) in [5.41, 5.74) is 6.41. The van der Waals surface area contributed by atoms with Crippen LogP contribution >= 0.6 is 27.5 Å². The molecule has 1 fully saturated rings. The van der Waals surface area contributed by atoms with Crippen LogP contribution in [0.25, 0.3) is 16.9 Å². The van der Waals surface area contributed by atoms with Gasteiger partial charge in [-0.2, -0.15) is 0 Å². The Kier molecular flexibility index (Phi) is 6.27. The second-order valence-corrected chi connectivity index (χ2v) is 9.57. The van der Waals surface area contributed by atoms with Crippen molar-refractivity contribution in [3.63, 3.8) is 0 Å². The number of methoxy groups -OCH3 is 1. The van der Waals surface area contributed by atoms with Gasteiger partial charge in [-0.05, 0) is 58.2 Å². The van der Waals surface area contributed by atoms with E-state index in [0.29, 0.717) is 10.8 Å². The molecule has 0 aliphatic carbocycles. The van der Waals surface area contributed by atoms with Crippen LogP contribution in [0.2, 0.25) is 5.02 Å². The minimum Gasteiger partial charge on any atom is -0.495 e. The zero-order chi connectivity index (χ0) is 22.9. The summed E-state index contributed by atoms with van der Waals surface area (Å²) in [6, 6.07) is 10.3. The summed E-state index contributed by atoms with van der Waals surface area (Å²) in [5, 5.41) is 0.590. The lowest BCUT2D eigenvalue weighted by atomic mass is 10.1. The lowest BCUT2D eigenvalue weighted by Crippen LogP contribution is -2.46. The highest BCUT2D eigenvalue weighted by molar-refractivity contribution is 9.10. The van der Waals surface area contributed by atoms with Crippen molar-refractivity contribution in [1.29, 1.82) is 0 Å². The van der Waals surface area contributed by atoms with Gasteiger partial charge in [-0.1, -0.05) is 11.6 Å². The van der Waals surface area contributed by atoms with Crippen molar-refractivity contribution >= 4 is 38.9 Å². The molecule has 0 radical (unpaired) electrons. The average Bonchev–Trinajstić information content (AvgIpc) is 3.25. The summed E-state index contributed by atoms with van der Waals surface area (Å²) in [6.07, 6.45) is 7.85. The van der Waals surface area contributed by atoms with Gasteiger partial charge < -0.3 is 14.0 Å². The molecular formula is C25H25BrClN5O. The van der Waals surface area contributed by atoms with E-state index in [0.717, 1.165) is 59.7 Å². The molecule has 8 heteroatoms. The molecule has 0 spiro atoms. The largest absolute Gasteiger partial charge is 0.495 e. The van der Waals surface area contributed by atoms with Gasteiger partial charge in [0, 0.05) is 79.3 Å². The molecular weight excluding hydrogens is 502 g/mol. The van der Waals surface area contributed by atoms with E-state index in [1.807, 2.05) is 31.5 Å². The predicted molar refractivity (Wildman–Crippen MR) is 136 cm³/mol. The molecule has 1 aromatic carbocycles. The number of piperazine rings is 1. The van der Waals surface area contributed by atoms with Crippen molar-refractivity contribution in [2.75, 3.05) is 38.2 Å². The highest BCUT2D eigenvalue weighted by Crippen LogP contribution is 2.33. The third-order valence-corrected chi connectivity index (χ3v) is 7.22. The number of hydrogen-bond acceptors (Lipinski definition) is 5. The summed E-state index contributed by atoms with van der Waals surface area (Å²) in [4.78, 5) is 14.0. The van der Waals surface area contributed by atoms with Crippen LogP contribution in [0.5, 0.6) is 5.75 Å². The van der Waals surface area contributed by atoms with Crippen molar-refractivity contribution in [3.8, 4) is 17.0 Å². The van der Waals surface area contributed by atoms with Crippen molar-refractivity contribution in [2.45, 2.75) is 13.5 Å². The number of imidazole rings is 1. The van der Waals surface area contributed by atoms with Crippen LogP contribution in [0.1, 0.15) is 11.1 Å². The Balaban J connectivity index is 1.32. The third-order valence-electron chi connectivity index (χ3n) is 6.21. The quantitative estimate of drug-likeness (QED) is 0.346. The monoisotopic (exact) mass is 525 g/mol. The fourth-order valence-electron chi connectivity index (χ4n) is 4.32. The van der Waals surface area contributed by atoms with Gasteiger partial charge in [0.05, 0.1) is 17.8 Å². The number of halogens is 2.